The van der Waals surface area contributed by atoms with Gasteiger partial charge < -0.3 is 4.90 Å². The number of halogens is 1. The number of amides is 2. The molecule has 0 N–H and O–H groups in total. The Bertz CT molecular complexity index is 816. The molecule has 7 nitrogen and oxygen atoms in total. The van der Waals surface area contributed by atoms with Gasteiger partial charge in [-0.2, -0.15) is 0 Å². The zero-order valence-electron chi connectivity index (χ0n) is 13.0. The van der Waals surface area contributed by atoms with Gasteiger partial charge in [0, 0.05) is 20.3 Å². The smallest absolute Gasteiger partial charge is 0.293 e. The summed E-state index contributed by atoms with van der Waals surface area (Å²) in [7, 11) is 3.56. The van der Waals surface area contributed by atoms with Crippen LogP contribution in [0.4, 0.5) is 9.18 Å². The molecular weight excluding hydrogens is 333 g/mol. The number of rotatable bonds is 4. The molecule has 0 atom stereocenters. The molecule has 0 radical (unpaired) electrons. The summed E-state index contributed by atoms with van der Waals surface area (Å²) in [6.45, 7) is 0.0383. The van der Waals surface area contributed by atoms with Crippen LogP contribution >= 0.6 is 11.8 Å². The number of hydrogen-bond donors (Lipinski definition) is 0. The second-order valence-corrected chi connectivity index (χ2v) is 6.34. The third-order valence-corrected chi connectivity index (χ3v) is 4.10. The molecule has 1 aromatic carbocycles. The number of imide groups is 1. The Balaban J connectivity index is 1.76. The highest BCUT2D eigenvalue weighted by Crippen LogP contribution is 2.31. The maximum absolute atomic E-state index is 13.0. The quantitative estimate of drug-likeness (QED) is 0.788. The fraction of sp³-hybridized carbons (Fsp3) is 0.200. The van der Waals surface area contributed by atoms with E-state index in [-0.39, 0.29) is 23.5 Å². The highest BCUT2D eigenvalue weighted by molar-refractivity contribution is 8.18. The first kappa shape index (κ1) is 16.2. The summed E-state index contributed by atoms with van der Waals surface area (Å²) in [5.41, 5.74) is 1.10. The van der Waals surface area contributed by atoms with E-state index in [1.807, 2.05) is 0 Å². The largest absolute Gasteiger partial charge is 0.382 e. The predicted octanol–water partition coefficient (Wildman–Crippen LogP) is 2.00. The van der Waals surface area contributed by atoms with Gasteiger partial charge in [-0.05, 0) is 36.0 Å². The summed E-state index contributed by atoms with van der Waals surface area (Å²) in [5, 5.41) is 7.57. The second-order valence-electron chi connectivity index (χ2n) is 5.35. The van der Waals surface area contributed by atoms with Crippen LogP contribution in [0.5, 0.6) is 0 Å². The number of carbonyl (C=O) groups is 2. The van der Waals surface area contributed by atoms with Gasteiger partial charge in [-0.3, -0.25) is 14.5 Å². The minimum atomic E-state index is -0.352. The van der Waals surface area contributed by atoms with Gasteiger partial charge in [0.15, 0.2) is 0 Å². The summed E-state index contributed by atoms with van der Waals surface area (Å²) in [5.74, 6) is -0.695. The highest BCUT2D eigenvalue weighted by Gasteiger charge is 2.35. The Morgan fingerprint density at radius 1 is 1.25 bits per heavy atom. The summed E-state index contributed by atoms with van der Waals surface area (Å²) < 4.78 is 14.4. The molecule has 1 aliphatic heterocycles. The lowest BCUT2D eigenvalue weighted by atomic mass is 10.3. The van der Waals surface area contributed by atoms with Crippen molar-refractivity contribution in [3.63, 3.8) is 0 Å². The number of hydrogen-bond acceptors (Lipinski definition) is 6. The minimum Gasteiger partial charge on any atom is -0.382 e. The average Bonchev–Trinajstić information content (AvgIpc) is 3.09. The van der Waals surface area contributed by atoms with Gasteiger partial charge in [0.2, 0.25) is 0 Å². The molecule has 0 saturated carbocycles. The van der Waals surface area contributed by atoms with Gasteiger partial charge in [-0.15, -0.1) is 5.10 Å². The van der Waals surface area contributed by atoms with Gasteiger partial charge in [0.25, 0.3) is 11.1 Å². The van der Waals surface area contributed by atoms with Crippen molar-refractivity contribution in [3.05, 3.63) is 53.1 Å². The first-order chi connectivity index (χ1) is 11.4. The third-order valence-electron chi connectivity index (χ3n) is 3.20. The zero-order valence-corrected chi connectivity index (χ0v) is 13.8. The summed E-state index contributed by atoms with van der Waals surface area (Å²) in [4.78, 5) is 27.5. The molecule has 1 aliphatic rings. The monoisotopic (exact) mass is 347 g/mol. The molecule has 1 aromatic heterocycles. The van der Waals surface area contributed by atoms with Crippen molar-refractivity contribution >= 4 is 22.9 Å². The topological polar surface area (TPSA) is 71.3 Å². The van der Waals surface area contributed by atoms with Gasteiger partial charge >= 0.3 is 0 Å². The van der Waals surface area contributed by atoms with Crippen molar-refractivity contribution in [2.75, 3.05) is 14.1 Å². The number of benzene rings is 1. The maximum atomic E-state index is 13.0. The van der Waals surface area contributed by atoms with Crippen LogP contribution in [0, 0.1) is 5.82 Å². The maximum Gasteiger partial charge on any atom is 0.293 e. The number of carbonyl (C=O) groups excluding carboxylic acids is 2. The van der Waals surface area contributed by atoms with Crippen LogP contribution < -0.4 is 0 Å². The van der Waals surface area contributed by atoms with Crippen molar-refractivity contribution in [2.24, 2.45) is 0 Å². The van der Waals surface area contributed by atoms with Crippen LogP contribution in [0.15, 0.2) is 41.6 Å². The van der Waals surface area contributed by atoms with Crippen molar-refractivity contribution in [3.8, 4) is 5.69 Å². The van der Waals surface area contributed by atoms with Crippen LogP contribution in [0.1, 0.15) is 5.69 Å². The molecule has 24 heavy (non-hydrogen) atoms. The van der Waals surface area contributed by atoms with Gasteiger partial charge in [-0.25, -0.2) is 9.07 Å². The molecule has 9 heteroatoms. The molecule has 0 spiro atoms. The third kappa shape index (κ3) is 3.30. The van der Waals surface area contributed by atoms with E-state index in [0.717, 1.165) is 16.7 Å². The summed E-state index contributed by atoms with van der Waals surface area (Å²) >= 11 is 0.894. The van der Waals surface area contributed by atoms with Gasteiger partial charge in [0.1, 0.15) is 11.5 Å². The van der Waals surface area contributed by atoms with E-state index in [1.54, 1.807) is 43.5 Å². The van der Waals surface area contributed by atoms with E-state index >= 15 is 0 Å². The van der Waals surface area contributed by atoms with E-state index in [0.29, 0.717) is 16.3 Å². The van der Waals surface area contributed by atoms with Crippen LogP contribution in [-0.2, 0) is 11.3 Å². The van der Waals surface area contributed by atoms with Crippen molar-refractivity contribution in [1.29, 1.82) is 0 Å². The molecule has 2 aromatic rings. The Morgan fingerprint density at radius 3 is 2.62 bits per heavy atom. The van der Waals surface area contributed by atoms with Crippen molar-refractivity contribution in [1.82, 2.24) is 24.8 Å². The van der Waals surface area contributed by atoms with Crippen LogP contribution in [0.3, 0.4) is 0 Å². The molecule has 2 amide bonds. The predicted molar refractivity (Wildman–Crippen MR) is 86.6 cm³/mol. The molecule has 1 saturated heterocycles. The van der Waals surface area contributed by atoms with E-state index in [9.17, 15) is 14.0 Å². The van der Waals surface area contributed by atoms with Crippen molar-refractivity contribution in [2.45, 2.75) is 6.54 Å². The molecule has 124 valence electrons. The van der Waals surface area contributed by atoms with E-state index in [4.69, 9.17) is 0 Å². The van der Waals surface area contributed by atoms with Crippen molar-refractivity contribution < 1.29 is 14.0 Å². The molecule has 0 bridgehead atoms. The molecule has 1 fully saturated rings. The Morgan fingerprint density at radius 2 is 1.96 bits per heavy atom. The standard InChI is InChI=1S/C15H14FN5O2S/c1-19(2)9-13-14(22)20(15(23)24-13)7-11-8-21(18-17-11)12-5-3-10(16)4-6-12/h3-6,8-9H,7H2,1-2H3/b13-9-. The van der Waals surface area contributed by atoms with E-state index < -0.39 is 0 Å². The Hall–Kier alpha value is -2.68. The molecule has 0 unspecified atom stereocenters. The summed E-state index contributed by atoms with van der Waals surface area (Å²) in [6, 6.07) is 5.76. The van der Waals surface area contributed by atoms with Crippen LogP contribution in [0.25, 0.3) is 5.69 Å². The fourth-order valence-corrected chi connectivity index (χ4v) is 3.02. The summed E-state index contributed by atoms with van der Waals surface area (Å²) in [6.07, 6.45) is 3.21. The van der Waals surface area contributed by atoms with Gasteiger partial charge in [0.05, 0.1) is 23.3 Å². The number of aromatic nitrogens is 3. The average molecular weight is 347 g/mol. The van der Waals surface area contributed by atoms with Crippen LogP contribution in [-0.4, -0.2) is 50.0 Å². The number of thioether (sulfide) groups is 1. The first-order valence-corrected chi connectivity index (χ1v) is 7.85. The van der Waals surface area contributed by atoms with E-state index in [1.165, 1.54) is 16.8 Å². The highest BCUT2D eigenvalue weighted by atomic mass is 32.2. The zero-order chi connectivity index (χ0) is 17.3. The second kappa shape index (κ2) is 6.44. The Labute approximate surface area is 141 Å². The molecular formula is C15H14FN5O2S. The normalized spacial score (nSPS) is 16.3. The minimum absolute atomic E-state index is 0.0383. The fourth-order valence-electron chi connectivity index (χ4n) is 2.11. The number of nitrogens with zero attached hydrogens (tertiary/aromatic N) is 5. The van der Waals surface area contributed by atoms with E-state index in [2.05, 4.69) is 10.3 Å². The Kier molecular flexibility index (Phi) is 4.34. The lowest BCUT2D eigenvalue weighted by Gasteiger charge is -2.10. The molecule has 0 aliphatic carbocycles. The van der Waals surface area contributed by atoms with Gasteiger partial charge in [-0.1, -0.05) is 5.21 Å². The molecule has 3 rings (SSSR count). The SMILES string of the molecule is CN(C)/C=C1\SC(=O)N(Cc2cn(-c3ccc(F)cc3)nn2)C1=O. The first-order valence-electron chi connectivity index (χ1n) is 7.03. The molecule has 2 heterocycles. The van der Waals surface area contributed by atoms with Crippen LogP contribution in [0.2, 0.25) is 0 Å². The lowest BCUT2D eigenvalue weighted by Crippen LogP contribution is -2.28. The lowest BCUT2D eigenvalue weighted by molar-refractivity contribution is -0.123.